The Balaban J connectivity index is 1.65. The fourth-order valence-corrected chi connectivity index (χ4v) is 2.52. The Morgan fingerprint density at radius 3 is 2.87 bits per heavy atom. The van der Waals surface area contributed by atoms with Gasteiger partial charge in [-0.3, -0.25) is 4.79 Å². The van der Waals surface area contributed by atoms with Gasteiger partial charge in [-0.2, -0.15) is 0 Å². The Hall–Kier alpha value is -2.23. The van der Waals surface area contributed by atoms with E-state index in [9.17, 15) is 9.90 Å². The number of phenols is 1. The highest BCUT2D eigenvalue weighted by molar-refractivity contribution is 5.72. The van der Waals surface area contributed by atoms with Crippen LogP contribution in [0.2, 0.25) is 0 Å². The fraction of sp³-hybridized carbons (Fsp3) is 0.421. The number of benzene rings is 1. The smallest absolute Gasteiger partial charge is 0.310 e. The van der Waals surface area contributed by atoms with E-state index in [0.717, 1.165) is 37.7 Å². The van der Waals surface area contributed by atoms with Crippen LogP contribution in [0.5, 0.6) is 11.5 Å². The molecule has 0 fully saturated rings. The summed E-state index contributed by atoms with van der Waals surface area (Å²) in [5, 5.41) is 9.53. The lowest BCUT2D eigenvalue weighted by Gasteiger charge is -2.08. The Morgan fingerprint density at radius 2 is 2.13 bits per heavy atom. The van der Waals surface area contributed by atoms with E-state index in [2.05, 4.69) is 18.2 Å². The summed E-state index contributed by atoms with van der Waals surface area (Å²) in [6, 6.07) is 4.87. The van der Waals surface area contributed by atoms with Crippen LogP contribution in [0.15, 0.2) is 42.0 Å². The largest absolute Gasteiger partial charge is 0.504 e. The SMILES string of the molecule is COc1cc(CC(=O)OCCCCC2=CCCC=C2)ccc1O. The predicted molar refractivity (Wildman–Crippen MR) is 89.6 cm³/mol. The van der Waals surface area contributed by atoms with E-state index in [0.29, 0.717) is 12.4 Å². The van der Waals surface area contributed by atoms with E-state index >= 15 is 0 Å². The third-order valence-electron chi connectivity index (χ3n) is 3.79. The van der Waals surface area contributed by atoms with Gasteiger partial charge in [0.2, 0.25) is 0 Å². The van der Waals surface area contributed by atoms with Gasteiger partial charge in [0.1, 0.15) is 0 Å². The van der Waals surface area contributed by atoms with Gasteiger partial charge in [0.05, 0.1) is 20.1 Å². The first kappa shape index (κ1) is 17.1. The number of aromatic hydroxyl groups is 1. The third kappa shape index (κ3) is 5.81. The Kier molecular flexibility index (Phi) is 6.73. The Morgan fingerprint density at radius 1 is 1.26 bits per heavy atom. The van der Waals surface area contributed by atoms with Gasteiger partial charge < -0.3 is 14.6 Å². The maximum atomic E-state index is 11.8. The molecular formula is C19H24O4. The first-order valence-corrected chi connectivity index (χ1v) is 8.06. The van der Waals surface area contributed by atoms with E-state index in [1.165, 1.54) is 18.7 Å². The number of methoxy groups -OCH3 is 1. The van der Waals surface area contributed by atoms with Crippen molar-refractivity contribution in [2.24, 2.45) is 0 Å². The highest BCUT2D eigenvalue weighted by atomic mass is 16.5. The zero-order valence-electron chi connectivity index (χ0n) is 13.6. The van der Waals surface area contributed by atoms with Crippen LogP contribution in [-0.2, 0) is 16.0 Å². The molecule has 1 N–H and O–H groups in total. The van der Waals surface area contributed by atoms with Gasteiger partial charge in [-0.1, -0.05) is 29.9 Å². The molecule has 0 atom stereocenters. The molecule has 0 spiro atoms. The van der Waals surface area contributed by atoms with Crippen LogP contribution < -0.4 is 4.74 Å². The lowest BCUT2D eigenvalue weighted by molar-refractivity contribution is -0.142. The molecule has 0 unspecified atom stereocenters. The lowest BCUT2D eigenvalue weighted by Crippen LogP contribution is -2.09. The summed E-state index contributed by atoms with van der Waals surface area (Å²) in [5.41, 5.74) is 2.15. The minimum atomic E-state index is -0.255. The molecule has 0 radical (unpaired) electrons. The summed E-state index contributed by atoms with van der Waals surface area (Å²) >= 11 is 0. The van der Waals surface area contributed by atoms with Crippen LogP contribution in [0.25, 0.3) is 0 Å². The number of phenolic OH excluding ortho intramolecular Hbond substituents is 1. The van der Waals surface area contributed by atoms with Crippen LogP contribution in [0.3, 0.4) is 0 Å². The third-order valence-corrected chi connectivity index (χ3v) is 3.79. The molecule has 124 valence electrons. The molecule has 1 aromatic carbocycles. The molecule has 0 amide bonds. The number of esters is 1. The Labute approximate surface area is 137 Å². The van der Waals surface area contributed by atoms with Gasteiger partial charge in [-0.15, -0.1) is 0 Å². The van der Waals surface area contributed by atoms with Crippen LogP contribution in [0.4, 0.5) is 0 Å². The van der Waals surface area contributed by atoms with Crippen molar-refractivity contribution in [2.75, 3.05) is 13.7 Å². The van der Waals surface area contributed by atoms with Gasteiger partial charge in [0.15, 0.2) is 11.5 Å². The predicted octanol–water partition coefficient (Wildman–Crippen LogP) is 3.93. The molecule has 23 heavy (non-hydrogen) atoms. The lowest BCUT2D eigenvalue weighted by atomic mass is 10.0. The highest BCUT2D eigenvalue weighted by Gasteiger charge is 2.08. The summed E-state index contributed by atoms with van der Waals surface area (Å²) < 4.78 is 10.3. The van der Waals surface area contributed by atoms with Crippen LogP contribution in [0.1, 0.15) is 37.7 Å². The average molecular weight is 316 g/mol. The van der Waals surface area contributed by atoms with E-state index < -0.39 is 0 Å². The van der Waals surface area contributed by atoms with Crippen molar-refractivity contribution in [3.63, 3.8) is 0 Å². The molecule has 0 aliphatic heterocycles. The number of ether oxygens (including phenoxy) is 2. The highest BCUT2D eigenvalue weighted by Crippen LogP contribution is 2.26. The zero-order chi connectivity index (χ0) is 16.5. The van der Waals surface area contributed by atoms with Crippen molar-refractivity contribution in [3.05, 3.63) is 47.6 Å². The molecule has 1 aromatic rings. The van der Waals surface area contributed by atoms with E-state index in [1.807, 2.05) is 0 Å². The molecule has 0 bridgehead atoms. The van der Waals surface area contributed by atoms with Gasteiger partial charge in [0, 0.05) is 0 Å². The quantitative estimate of drug-likeness (QED) is 0.583. The monoisotopic (exact) mass is 316 g/mol. The number of hydrogen-bond donors (Lipinski definition) is 1. The molecule has 0 saturated heterocycles. The second-order valence-electron chi connectivity index (χ2n) is 5.62. The average Bonchev–Trinajstić information content (AvgIpc) is 2.57. The van der Waals surface area contributed by atoms with E-state index in [1.54, 1.807) is 12.1 Å². The molecule has 2 rings (SSSR count). The minimum Gasteiger partial charge on any atom is -0.504 e. The molecular weight excluding hydrogens is 292 g/mol. The number of unbranched alkanes of at least 4 members (excludes halogenated alkanes) is 1. The molecule has 0 heterocycles. The second kappa shape index (κ2) is 9.03. The van der Waals surface area contributed by atoms with Crippen molar-refractivity contribution >= 4 is 5.97 Å². The van der Waals surface area contributed by atoms with Gasteiger partial charge in [-0.25, -0.2) is 0 Å². The standard InChI is InChI=1S/C19H24O4/c1-22-18-13-16(10-11-17(18)20)14-19(21)23-12-6-5-9-15-7-3-2-4-8-15/h3,7-8,10-11,13,20H,2,4-6,9,12,14H2,1H3. The first-order valence-electron chi connectivity index (χ1n) is 8.06. The zero-order valence-corrected chi connectivity index (χ0v) is 13.6. The Bertz CT molecular complexity index is 587. The fourth-order valence-electron chi connectivity index (χ4n) is 2.52. The van der Waals surface area contributed by atoms with Crippen molar-refractivity contribution in [2.45, 2.75) is 38.5 Å². The van der Waals surface area contributed by atoms with Crippen molar-refractivity contribution in [1.29, 1.82) is 0 Å². The normalized spacial score (nSPS) is 13.5. The van der Waals surface area contributed by atoms with Gasteiger partial charge in [0.25, 0.3) is 0 Å². The molecule has 0 aromatic heterocycles. The van der Waals surface area contributed by atoms with Crippen molar-refractivity contribution in [3.8, 4) is 11.5 Å². The van der Waals surface area contributed by atoms with Gasteiger partial charge in [-0.05, 0) is 49.8 Å². The second-order valence-corrected chi connectivity index (χ2v) is 5.62. The summed E-state index contributed by atoms with van der Waals surface area (Å²) in [5.74, 6) is 0.175. The van der Waals surface area contributed by atoms with E-state index in [4.69, 9.17) is 9.47 Å². The molecule has 1 aliphatic carbocycles. The molecule has 1 aliphatic rings. The minimum absolute atomic E-state index is 0.0654. The van der Waals surface area contributed by atoms with Crippen LogP contribution in [-0.4, -0.2) is 24.8 Å². The van der Waals surface area contributed by atoms with Crippen LogP contribution >= 0.6 is 0 Å². The van der Waals surface area contributed by atoms with Crippen LogP contribution in [0, 0.1) is 0 Å². The first-order chi connectivity index (χ1) is 11.2. The number of carbonyl (C=O) groups excluding carboxylic acids is 1. The topological polar surface area (TPSA) is 55.8 Å². The van der Waals surface area contributed by atoms with E-state index in [-0.39, 0.29) is 18.1 Å². The summed E-state index contributed by atoms with van der Waals surface area (Å²) in [6.07, 6.45) is 12.1. The van der Waals surface area contributed by atoms with Crippen molar-refractivity contribution < 1.29 is 19.4 Å². The maximum Gasteiger partial charge on any atom is 0.310 e. The summed E-state index contributed by atoms with van der Waals surface area (Å²) in [4.78, 5) is 11.8. The number of carbonyl (C=O) groups is 1. The summed E-state index contributed by atoms with van der Waals surface area (Å²) in [7, 11) is 1.48. The number of allylic oxidation sites excluding steroid dienone is 4. The molecule has 4 heteroatoms. The molecule has 4 nitrogen and oxygen atoms in total. The molecule has 0 saturated carbocycles. The maximum absolute atomic E-state index is 11.8. The number of hydrogen-bond acceptors (Lipinski definition) is 4. The number of rotatable bonds is 8. The van der Waals surface area contributed by atoms with Gasteiger partial charge >= 0.3 is 5.97 Å². The summed E-state index contributed by atoms with van der Waals surface area (Å²) in [6.45, 7) is 0.449. The van der Waals surface area contributed by atoms with Crippen molar-refractivity contribution in [1.82, 2.24) is 0 Å².